The summed E-state index contributed by atoms with van der Waals surface area (Å²) in [6, 6.07) is 10.3. The molecule has 1 aliphatic heterocycles. The standard InChI is InChI=1S/C14H18N2/c1-2-5-12(6-3-1)9-15-16-10-13-7-4-8-14(13)11-16/h1-3,5-6,9,13-14H,4,7-8,10-11H2/b15-9+. The average molecular weight is 214 g/mol. The molecule has 1 aliphatic carbocycles. The van der Waals surface area contributed by atoms with Gasteiger partial charge in [-0.25, -0.2) is 0 Å². The second-order valence-electron chi connectivity index (χ2n) is 4.98. The van der Waals surface area contributed by atoms with Crippen LogP contribution in [0.3, 0.4) is 0 Å². The highest BCUT2D eigenvalue weighted by atomic mass is 15.5. The molecule has 0 bridgehead atoms. The third-order valence-electron chi connectivity index (χ3n) is 3.88. The van der Waals surface area contributed by atoms with E-state index in [4.69, 9.17) is 0 Å². The molecule has 2 unspecified atom stereocenters. The van der Waals surface area contributed by atoms with E-state index in [-0.39, 0.29) is 0 Å². The molecule has 0 N–H and O–H groups in total. The summed E-state index contributed by atoms with van der Waals surface area (Å²) >= 11 is 0. The Morgan fingerprint density at radius 3 is 2.44 bits per heavy atom. The van der Waals surface area contributed by atoms with Gasteiger partial charge in [0.1, 0.15) is 0 Å². The first kappa shape index (κ1) is 9.88. The molecular formula is C14H18N2. The van der Waals surface area contributed by atoms with E-state index >= 15 is 0 Å². The van der Waals surface area contributed by atoms with Crippen LogP contribution in [-0.4, -0.2) is 24.3 Å². The van der Waals surface area contributed by atoms with Crippen molar-refractivity contribution in [2.24, 2.45) is 16.9 Å². The minimum absolute atomic E-state index is 0.924. The SMILES string of the molecule is C(=N\N1CC2CCCC2C1)/c1ccccc1. The summed E-state index contributed by atoms with van der Waals surface area (Å²) in [5.74, 6) is 1.85. The van der Waals surface area contributed by atoms with Crippen LogP contribution in [0.15, 0.2) is 35.4 Å². The highest BCUT2D eigenvalue weighted by Crippen LogP contribution is 2.37. The zero-order valence-corrected chi connectivity index (χ0v) is 9.55. The van der Waals surface area contributed by atoms with Gasteiger partial charge in [0.25, 0.3) is 0 Å². The van der Waals surface area contributed by atoms with Crippen molar-refractivity contribution in [2.45, 2.75) is 19.3 Å². The predicted octanol–water partition coefficient (Wildman–Crippen LogP) is 2.75. The molecule has 2 nitrogen and oxygen atoms in total. The fourth-order valence-electron chi connectivity index (χ4n) is 2.99. The number of hydrazone groups is 1. The average Bonchev–Trinajstić information content (AvgIpc) is 2.88. The first-order valence-electron chi connectivity index (χ1n) is 6.26. The molecule has 2 aliphatic rings. The maximum absolute atomic E-state index is 4.58. The van der Waals surface area contributed by atoms with Crippen molar-refractivity contribution < 1.29 is 0 Å². The molecule has 0 aromatic heterocycles. The van der Waals surface area contributed by atoms with Gasteiger partial charge in [0, 0.05) is 13.1 Å². The molecular weight excluding hydrogens is 196 g/mol. The Morgan fingerprint density at radius 2 is 1.75 bits per heavy atom. The molecule has 84 valence electrons. The number of fused-ring (bicyclic) bond motifs is 1. The Labute approximate surface area is 97.0 Å². The summed E-state index contributed by atoms with van der Waals surface area (Å²) in [4.78, 5) is 0. The van der Waals surface area contributed by atoms with Crippen LogP contribution in [0.1, 0.15) is 24.8 Å². The molecule has 2 atom stereocenters. The van der Waals surface area contributed by atoms with Crippen LogP contribution in [-0.2, 0) is 0 Å². The number of benzene rings is 1. The van der Waals surface area contributed by atoms with E-state index in [2.05, 4.69) is 34.4 Å². The molecule has 16 heavy (non-hydrogen) atoms. The summed E-state index contributed by atoms with van der Waals surface area (Å²) in [6.07, 6.45) is 6.26. The largest absolute Gasteiger partial charge is 0.296 e. The van der Waals surface area contributed by atoms with Crippen molar-refractivity contribution >= 4 is 6.21 Å². The Bertz CT molecular complexity index is 360. The zero-order chi connectivity index (χ0) is 10.8. The van der Waals surface area contributed by atoms with Crippen molar-refractivity contribution in [2.75, 3.05) is 13.1 Å². The van der Waals surface area contributed by atoms with Gasteiger partial charge in [-0.05, 0) is 30.2 Å². The summed E-state index contributed by atoms with van der Waals surface area (Å²) < 4.78 is 0. The lowest BCUT2D eigenvalue weighted by atomic mass is 10.0. The van der Waals surface area contributed by atoms with Gasteiger partial charge in [-0.15, -0.1) is 0 Å². The van der Waals surface area contributed by atoms with Gasteiger partial charge < -0.3 is 0 Å². The Balaban J connectivity index is 1.62. The maximum Gasteiger partial charge on any atom is 0.0542 e. The summed E-state index contributed by atoms with van der Waals surface area (Å²) in [7, 11) is 0. The van der Waals surface area contributed by atoms with Gasteiger partial charge in [-0.1, -0.05) is 36.8 Å². The van der Waals surface area contributed by atoms with E-state index in [1.807, 2.05) is 12.3 Å². The topological polar surface area (TPSA) is 15.6 Å². The van der Waals surface area contributed by atoms with Crippen LogP contribution in [0.25, 0.3) is 0 Å². The fourth-order valence-corrected chi connectivity index (χ4v) is 2.99. The van der Waals surface area contributed by atoms with E-state index in [0.29, 0.717) is 0 Å². The number of hydrogen-bond acceptors (Lipinski definition) is 2. The molecule has 3 rings (SSSR count). The lowest BCUT2D eigenvalue weighted by molar-refractivity contribution is 0.330. The monoisotopic (exact) mass is 214 g/mol. The molecule has 1 saturated heterocycles. The first-order chi connectivity index (χ1) is 7.92. The minimum atomic E-state index is 0.924. The third-order valence-corrected chi connectivity index (χ3v) is 3.88. The highest BCUT2D eigenvalue weighted by molar-refractivity contribution is 5.79. The van der Waals surface area contributed by atoms with Crippen LogP contribution < -0.4 is 0 Å². The Kier molecular flexibility index (Phi) is 2.65. The van der Waals surface area contributed by atoms with Crippen LogP contribution in [0, 0.1) is 11.8 Å². The Hall–Kier alpha value is -1.31. The molecule has 1 heterocycles. The lowest BCUT2D eigenvalue weighted by Crippen LogP contribution is -2.14. The van der Waals surface area contributed by atoms with E-state index in [1.54, 1.807) is 0 Å². The zero-order valence-electron chi connectivity index (χ0n) is 9.55. The highest BCUT2D eigenvalue weighted by Gasteiger charge is 2.35. The van der Waals surface area contributed by atoms with Crippen molar-refractivity contribution in [3.8, 4) is 0 Å². The molecule has 1 aromatic carbocycles. The minimum Gasteiger partial charge on any atom is -0.296 e. The van der Waals surface area contributed by atoms with Crippen molar-refractivity contribution in [3.63, 3.8) is 0 Å². The van der Waals surface area contributed by atoms with Gasteiger partial charge in [0.05, 0.1) is 6.21 Å². The van der Waals surface area contributed by atoms with E-state index < -0.39 is 0 Å². The van der Waals surface area contributed by atoms with E-state index in [0.717, 1.165) is 11.8 Å². The van der Waals surface area contributed by atoms with Crippen molar-refractivity contribution in [1.82, 2.24) is 5.01 Å². The molecule has 1 aromatic rings. The molecule has 2 fully saturated rings. The fraction of sp³-hybridized carbons (Fsp3) is 0.500. The van der Waals surface area contributed by atoms with Gasteiger partial charge in [0.2, 0.25) is 0 Å². The lowest BCUT2D eigenvalue weighted by Gasteiger charge is -2.11. The second-order valence-corrected chi connectivity index (χ2v) is 4.98. The summed E-state index contributed by atoms with van der Waals surface area (Å²) in [5, 5.41) is 6.84. The van der Waals surface area contributed by atoms with Crippen molar-refractivity contribution in [1.29, 1.82) is 0 Å². The van der Waals surface area contributed by atoms with Gasteiger partial charge in [-0.2, -0.15) is 5.10 Å². The Morgan fingerprint density at radius 1 is 1.06 bits per heavy atom. The van der Waals surface area contributed by atoms with Crippen LogP contribution in [0.2, 0.25) is 0 Å². The second kappa shape index (κ2) is 4.28. The summed E-state index contributed by atoms with van der Waals surface area (Å²) in [5.41, 5.74) is 1.19. The van der Waals surface area contributed by atoms with E-state index in [1.165, 1.54) is 37.9 Å². The molecule has 0 spiro atoms. The molecule has 1 saturated carbocycles. The normalized spacial score (nSPS) is 28.9. The predicted molar refractivity (Wildman–Crippen MR) is 66.4 cm³/mol. The summed E-state index contributed by atoms with van der Waals surface area (Å²) in [6.45, 7) is 2.35. The van der Waals surface area contributed by atoms with Crippen molar-refractivity contribution in [3.05, 3.63) is 35.9 Å². The van der Waals surface area contributed by atoms with Gasteiger partial charge in [-0.3, -0.25) is 5.01 Å². The number of rotatable bonds is 2. The molecule has 0 radical (unpaired) electrons. The van der Waals surface area contributed by atoms with Crippen LogP contribution in [0.4, 0.5) is 0 Å². The van der Waals surface area contributed by atoms with Crippen LogP contribution >= 0.6 is 0 Å². The maximum atomic E-state index is 4.58. The van der Waals surface area contributed by atoms with Gasteiger partial charge in [0.15, 0.2) is 0 Å². The van der Waals surface area contributed by atoms with Gasteiger partial charge >= 0.3 is 0 Å². The molecule has 0 amide bonds. The van der Waals surface area contributed by atoms with Crippen LogP contribution in [0.5, 0.6) is 0 Å². The smallest absolute Gasteiger partial charge is 0.0542 e. The third kappa shape index (κ3) is 1.97. The van der Waals surface area contributed by atoms with E-state index in [9.17, 15) is 0 Å². The quantitative estimate of drug-likeness (QED) is 0.691. The molecule has 2 heteroatoms. The number of nitrogens with zero attached hydrogens (tertiary/aromatic N) is 2. The first-order valence-corrected chi connectivity index (χ1v) is 6.26. The number of hydrogen-bond donors (Lipinski definition) is 0.